The molecule has 0 spiro atoms. The molecule has 3 fully saturated rings. The van der Waals surface area contributed by atoms with Crippen LogP contribution in [0.3, 0.4) is 0 Å². The maximum atomic E-state index is 12.2. The number of benzene rings is 1. The molecular formula is C16H20BNO3. The standard InChI is InChI=1S/C16H20BNO3/c17-18-10-16(13-6-12(18)9-21-15(13)16)7-14(19)20-8-11-4-2-1-3-5-11/h1-5,12-13,15H,6-10,17H2/t12?,13?,15?,16-/m1/s1. The second-order valence-electron chi connectivity index (χ2n) is 6.72. The van der Waals surface area contributed by atoms with Gasteiger partial charge in [-0.2, -0.15) is 0 Å². The third-order valence-corrected chi connectivity index (χ3v) is 5.44. The molecule has 21 heavy (non-hydrogen) atoms. The van der Waals surface area contributed by atoms with E-state index >= 15 is 0 Å². The van der Waals surface area contributed by atoms with Crippen molar-refractivity contribution in [3.8, 4) is 0 Å². The number of carbonyl (C=O) groups excluding carboxylic acids is 1. The first kappa shape index (κ1) is 13.3. The number of fused-ring (bicyclic) bond motifs is 2. The minimum absolute atomic E-state index is 0.0233. The lowest BCUT2D eigenvalue weighted by molar-refractivity contribution is -0.147. The predicted octanol–water partition coefficient (Wildman–Crippen LogP) is 0.757. The summed E-state index contributed by atoms with van der Waals surface area (Å²) in [6.45, 7) is 2.15. The maximum Gasteiger partial charge on any atom is 0.306 e. The predicted molar refractivity (Wildman–Crippen MR) is 80.2 cm³/mol. The maximum absolute atomic E-state index is 12.2. The Morgan fingerprint density at radius 1 is 1.43 bits per heavy atom. The van der Waals surface area contributed by atoms with Crippen molar-refractivity contribution in [3.05, 3.63) is 35.9 Å². The zero-order valence-corrected chi connectivity index (χ0v) is 12.3. The van der Waals surface area contributed by atoms with Gasteiger partial charge in [-0.3, -0.25) is 4.79 Å². The monoisotopic (exact) mass is 285 g/mol. The number of carbonyl (C=O) groups is 1. The molecule has 1 aliphatic carbocycles. The van der Waals surface area contributed by atoms with Crippen LogP contribution < -0.4 is 0 Å². The number of hydrogen-bond acceptors (Lipinski definition) is 4. The largest absolute Gasteiger partial charge is 0.461 e. The van der Waals surface area contributed by atoms with E-state index in [9.17, 15) is 4.79 Å². The van der Waals surface area contributed by atoms with Crippen LogP contribution >= 0.6 is 0 Å². The first-order valence-corrected chi connectivity index (χ1v) is 7.70. The van der Waals surface area contributed by atoms with E-state index in [0.717, 1.165) is 18.7 Å². The fraction of sp³-hybridized carbons (Fsp3) is 0.562. The molecule has 1 saturated carbocycles. The van der Waals surface area contributed by atoms with Gasteiger partial charge in [-0.25, -0.2) is 0 Å². The summed E-state index contributed by atoms with van der Waals surface area (Å²) in [4.78, 5) is 14.6. The molecule has 0 amide bonds. The van der Waals surface area contributed by atoms with Gasteiger partial charge in [0.05, 0.1) is 19.1 Å². The van der Waals surface area contributed by atoms with Crippen molar-refractivity contribution in [2.75, 3.05) is 13.2 Å². The van der Waals surface area contributed by atoms with Crippen LogP contribution in [0.1, 0.15) is 18.4 Å². The minimum Gasteiger partial charge on any atom is -0.461 e. The summed E-state index contributed by atoms with van der Waals surface area (Å²) < 4.78 is 11.4. The van der Waals surface area contributed by atoms with Crippen molar-refractivity contribution in [1.29, 1.82) is 0 Å². The van der Waals surface area contributed by atoms with Gasteiger partial charge in [0.25, 0.3) is 0 Å². The highest BCUT2D eigenvalue weighted by molar-refractivity contribution is 6.04. The molecule has 0 radical (unpaired) electrons. The Morgan fingerprint density at radius 3 is 3.05 bits per heavy atom. The van der Waals surface area contributed by atoms with Crippen LogP contribution in [-0.2, 0) is 20.9 Å². The van der Waals surface area contributed by atoms with Crippen LogP contribution in [0.4, 0.5) is 0 Å². The van der Waals surface area contributed by atoms with E-state index in [-0.39, 0.29) is 17.5 Å². The molecule has 2 saturated heterocycles. The Kier molecular flexibility index (Phi) is 3.08. The summed E-state index contributed by atoms with van der Waals surface area (Å²) in [5.74, 6) is 0.473. The number of rotatable bonds is 4. The fourth-order valence-corrected chi connectivity index (χ4v) is 4.21. The van der Waals surface area contributed by atoms with Gasteiger partial charge in [0.15, 0.2) is 7.98 Å². The second kappa shape index (κ2) is 4.85. The number of piperidine rings is 1. The summed E-state index contributed by atoms with van der Waals surface area (Å²) in [7, 11) is 2.14. The van der Waals surface area contributed by atoms with Crippen LogP contribution in [0.25, 0.3) is 0 Å². The van der Waals surface area contributed by atoms with Gasteiger partial charge >= 0.3 is 5.97 Å². The zero-order valence-electron chi connectivity index (χ0n) is 12.3. The summed E-state index contributed by atoms with van der Waals surface area (Å²) in [5, 5.41) is 0. The Morgan fingerprint density at radius 2 is 2.24 bits per heavy atom. The summed E-state index contributed by atoms with van der Waals surface area (Å²) in [6, 6.07) is 10.4. The van der Waals surface area contributed by atoms with Gasteiger partial charge in [-0.05, 0) is 24.4 Å². The molecule has 1 aromatic rings. The highest BCUT2D eigenvalue weighted by Crippen LogP contribution is 2.64. The van der Waals surface area contributed by atoms with Gasteiger partial charge in [0.1, 0.15) is 6.61 Å². The molecule has 1 aromatic carbocycles. The molecule has 3 unspecified atom stereocenters. The number of nitrogens with zero attached hydrogens (tertiary/aromatic N) is 1. The lowest BCUT2D eigenvalue weighted by atomic mass is 9.88. The zero-order chi connectivity index (χ0) is 14.4. The van der Waals surface area contributed by atoms with Crippen molar-refractivity contribution in [1.82, 2.24) is 4.81 Å². The smallest absolute Gasteiger partial charge is 0.306 e. The Balaban J connectivity index is 1.37. The minimum atomic E-state index is -0.0938. The molecule has 2 heterocycles. The van der Waals surface area contributed by atoms with Crippen molar-refractivity contribution in [3.63, 3.8) is 0 Å². The van der Waals surface area contributed by atoms with Gasteiger partial charge in [0.2, 0.25) is 0 Å². The third-order valence-electron chi connectivity index (χ3n) is 5.44. The van der Waals surface area contributed by atoms with Crippen LogP contribution in [0.5, 0.6) is 0 Å². The Labute approximate surface area is 125 Å². The van der Waals surface area contributed by atoms with E-state index in [1.54, 1.807) is 0 Å². The lowest BCUT2D eigenvalue weighted by Gasteiger charge is -2.35. The molecule has 4 atom stereocenters. The van der Waals surface area contributed by atoms with E-state index in [2.05, 4.69) is 12.8 Å². The molecule has 0 aromatic heterocycles. The topological polar surface area (TPSA) is 38.8 Å². The van der Waals surface area contributed by atoms with Crippen LogP contribution in [0.2, 0.25) is 0 Å². The summed E-state index contributed by atoms with van der Waals surface area (Å²) in [5.41, 5.74) is 1.06. The number of esters is 1. The van der Waals surface area contributed by atoms with E-state index in [1.807, 2.05) is 30.3 Å². The van der Waals surface area contributed by atoms with E-state index in [1.165, 1.54) is 6.42 Å². The highest BCUT2D eigenvalue weighted by Gasteiger charge is 2.71. The second-order valence-corrected chi connectivity index (χ2v) is 6.72. The normalized spacial score (nSPS) is 37.0. The lowest BCUT2D eigenvalue weighted by Crippen LogP contribution is -2.44. The van der Waals surface area contributed by atoms with Gasteiger partial charge in [-0.1, -0.05) is 30.3 Å². The van der Waals surface area contributed by atoms with Crippen molar-refractivity contribution < 1.29 is 14.3 Å². The molecule has 3 aliphatic rings. The van der Waals surface area contributed by atoms with E-state index in [4.69, 9.17) is 9.47 Å². The molecule has 110 valence electrons. The molecule has 5 heteroatoms. The molecule has 0 N–H and O–H groups in total. The summed E-state index contributed by atoms with van der Waals surface area (Å²) in [6.07, 6.45) is 1.95. The molecule has 2 bridgehead atoms. The highest BCUT2D eigenvalue weighted by atomic mass is 16.5. The van der Waals surface area contributed by atoms with E-state index < -0.39 is 0 Å². The summed E-state index contributed by atoms with van der Waals surface area (Å²) >= 11 is 0. The van der Waals surface area contributed by atoms with Gasteiger partial charge < -0.3 is 14.3 Å². The molecule has 2 aliphatic heterocycles. The average molecular weight is 285 g/mol. The Bertz CT molecular complexity index is 546. The quantitative estimate of drug-likeness (QED) is 0.605. The van der Waals surface area contributed by atoms with Crippen molar-refractivity contribution >= 4 is 14.0 Å². The first-order valence-electron chi connectivity index (χ1n) is 7.70. The molecule has 4 nitrogen and oxygen atoms in total. The number of ether oxygens (including phenoxy) is 2. The molecule has 4 rings (SSSR count). The van der Waals surface area contributed by atoms with E-state index in [0.29, 0.717) is 25.0 Å². The SMILES string of the molecule is BN1C[C@]2(CC(=O)OCc3ccccc3)C3CC1COC32. The van der Waals surface area contributed by atoms with Crippen LogP contribution in [0.15, 0.2) is 30.3 Å². The fourth-order valence-electron chi connectivity index (χ4n) is 4.21. The molecular weight excluding hydrogens is 265 g/mol. The Hall–Kier alpha value is -1.33. The number of hydrogen-bond donors (Lipinski definition) is 0. The van der Waals surface area contributed by atoms with Crippen LogP contribution in [0, 0.1) is 11.3 Å². The average Bonchev–Trinajstić information content (AvgIpc) is 3.16. The van der Waals surface area contributed by atoms with Gasteiger partial charge in [0, 0.05) is 11.5 Å². The van der Waals surface area contributed by atoms with Gasteiger partial charge in [-0.15, -0.1) is 0 Å². The first-order chi connectivity index (χ1) is 10.2. The third kappa shape index (κ3) is 2.19. The van der Waals surface area contributed by atoms with Crippen molar-refractivity contribution in [2.24, 2.45) is 11.3 Å². The van der Waals surface area contributed by atoms with Crippen LogP contribution in [-0.4, -0.2) is 44.1 Å². The van der Waals surface area contributed by atoms with Crippen molar-refractivity contribution in [2.45, 2.75) is 31.6 Å².